The van der Waals surface area contributed by atoms with Crippen molar-refractivity contribution in [2.45, 2.75) is 32.2 Å². The van der Waals surface area contributed by atoms with Crippen LogP contribution >= 0.6 is 30.3 Å². The van der Waals surface area contributed by atoms with E-state index in [0.29, 0.717) is 6.42 Å². The fourth-order valence-electron chi connectivity index (χ4n) is 1.48. The zero-order valence-electron chi connectivity index (χ0n) is 11.0. The van der Waals surface area contributed by atoms with E-state index in [1.54, 1.807) is 0 Å². The first-order chi connectivity index (χ1) is 8.95. The van der Waals surface area contributed by atoms with Gasteiger partial charge in [-0.3, -0.25) is 4.79 Å². The van der Waals surface area contributed by atoms with Crippen LogP contribution in [0.2, 0.25) is 0 Å². The average Bonchev–Trinajstić information content (AvgIpc) is 2.73. The van der Waals surface area contributed by atoms with E-state index in [9.17, 15) is 4.79 Å². The predicted octanol–water partition coefficient (Wildman–Crippen LogP) is 3.11. The molecule has 1 heterocycles. The molecular formula is C11H19Cl3FeN2O2. The SMILES string of the molecule is COC(=O)CCCCCn1cc[n+](C)c1.[Cl][Fe-]([Cl])[Cl]. The molecule has 0 aromatic carbocycles. The van der Waals surface area contributed by atoms with Gasteiger partial charge in [0.15, 0.2) is 0 Å². The Balaban J connectivity index is 0.000000711. The Bertz CT molecular complexity index is 359. The van der Waals surface area contributed by atoms with Crippen molar-refractivity contribution in [2.75, 3.05) is 7.11 Å². The Hall–Kier alpha value is 0.0695. The van der Waals surface area contributed by atoms with E-state index in [2.05, 4.69) is 21.8 Å². The van der Waals surface area contributed by atoms with Crippen molar-refractivity contribution in [1.29, 1.82) is 0 Å². The number of ether oxygens (including phenoxy) is 1. The van der Waals surface area contributed by atoms with Crippen LogP contribution in [0.25, 0.3) is 0 Å². The molecule has 0 amide bonds. The van der Waals surface area contributed by atoms with Crippen LogP contribution < -0.4 is 4.57 Å². The summed E-state index contributed by atoms with van der Waals surface area (Å²) in [5.74, 6) is -0.109. The number of methoxy groups -OCH3 is 1. The maximum atomic E-state index is 10.8. The van der Waals surface area contributed by atoms with Crippen molar-refractivity contribution in [3.63, 3.8) is 0 Å². The van der Waals surface area contributed by atoms with Gasteiger partial charge in [0.1, 0.15) is 12.4 Å². The first kappa shape index (κ1) is 19.1. The Morgan fingerprint density at radius 2 is 1.95 bits per heavy atom. The topological polar surface area (TPSA) is 35.1 Å². The van der Waals surface area contributed by atoms with Crippen LogP contribution in [0.3, 0.4) is 0 Å². The Labute approximate surface area is 131 Å². The van der Waals surface area contributed by atoms with Gasteiger partial charge in [0.2, 0.25) is 6.33 Å². The van der Waals surface area contributed by atoms with Crippen molar-refractivity contribution in [3.8, 4) is 0 Å². The summed E-state index contributed by atoms with van der Waals surface area (Å²) >= 11 is -1.33. The molecule has 0 bridgehead atoms. The van der Waals surface area contributed by atoms with E-state index < -0.39 is 11.2 Å². The van der Waals surface area contributed by atoms with Gasteiger partial charge in [-0.05, 0) is 19.3 Å². The number of hydrogen-bond acceptors (Lipinski definition) is 2. The van der Waals surface area contributed by atoms with Crippen LogP contribution in [0.15, 0.2) is 18.7 Å². The van der Waals surface area contributed by atoms with Gasteiger partial charge in [0.05, 0.1) is 20.7 Å². The monoisotopic (exact) mass is 372 g/mol. The number of esters is 1. The summed E-state index contributed by atoms with van der Waals surface area (Å²) < 4.78 is 8.74. The molecule has 0 unspecified atom stereocenters. The van der Waals surface area contributed by atoms with Gasteiger partial charge in [-0.25, -0.2) is 9.13 Å². The molecule has 0 aliphatic rings. The van der Waals surface area contributed by atoms with Gasteiger partial charge < -0.3 is 4.74 Å². The molecule has 0 saturated carbocycles. The van der Waals surface area contributed by atoms with Gasteiger partial charge in [-0.15, -0.1) is 0 Å². The third-order valence-corrected chi connectivity index (χ3v) is 2.35. The molecule has 8 heteroatoms. The fourth-order valence-corrected chi connectivity index (χ4v) is 1.48. The molecule has 0 aliphatic heterocycles. The van der Waals surface area contributed by atoms with E-state index in [1.807, 2.05) is 17.8 Å². The number of nitrogens with zero attached hydrogens (tertiary/aromatic N) is 2. The first-order valence-corrected chi connectivity index (χ1v) is 10.3. The minimum atomic E-state index is -1.33. The van der Waals surface area contributed by atoms with Crippen LogP contribution in [0.5, 0.6) is 0 Å². The number of carbonyl (C=O) groups is 1. The summed E-state index contributed by atoms with van der Waals surface area (Å²) in [6, 6.07) is 0. The van der Waals surface area contributed by atoms with Gasteiger partial charge in [-0.1, -0.05) is 0 Å². The van der Waals surface area contributed by atoms with Crippen molar-refractivity contribution in [1.82, 2.24) is 4.57 Å². The molecule has 0 fully saturated rings. The van der Waals surface area contributed by atoms with Gasteiger partial charge in [0, 0.05) is 6.42 Å². The fraction of sp³-hybridized carbons (Fsp3) is 0.636. The molecule has 0 radical (unpaired) electrons. The van der Waals surface area contributed by atoms with Gasteiger partial charge in [-0.2, -0.15) is 0 Å². The Kier molecular flexibility index (Phi) is 11.9. The predicted molar refractivity (Wildman–Crippen MR) is 73.7 cm³/mol. The molecule has 114 valence electrons. The third kappa shape index (κ3) is 12.8. The minimum absolute atomic E-state index is 0.109. The maximum absolute atomic E-state index is 10.8. The molecular weight excluding hydrogens is 354 g/mol. The Morgan fingerprint density at radius 1 is 1.32 bits per heavy atom. The third-order valence-electron chi connectivity index (χ3n) is 2.35. The second kappa shape index (κ2) is 11.9. The molecule has 1 aromatic rings. The van der Waals surface area contributed by atoms with Gasteiger partial charge in [0.25, 0.3) is 0 Å². The summed E-state index contributed by atoms with van der Waals surface area (Å²) in [5, 5.41) is 0. The number of aryl methyl sites for hydroxylation is 2. The molecule has 0 N–H and O–H groups in total. The van der Waals surface area contributed by atoms with Crippen LogP contribution in [-0.4, -0.2) is 17.6 Å². The summed E-state index contributed by atoms with van der Waals surface area (Å²) in [5.41, 5.74) is 0. The van der Waals surface area contributed by atoms with Crippen LogP contribution in [-0.2, 0) is 34.3 Å². The second-order valence-corrected chi connectivity index (χ2v) is 9.33. The van der Waals surface area contributed by atoms with E-state index >= 15 is 0 Å². The number of hydrogen-bond donors (Lipinski definition) is 0. The van der Waals surface area contributed by atoms with E-state index in [1.165, 1.54) is 7.11 Å². The number of imidazole rings is 1. The van der Waals surface area contributed by atoms with Crippen molar-refractivity contribution in [2.24, 2.45) is 7.05 Å². The number of unbranched alkanes of at least 4 members (excludes halogenated alkanes) is 2. The van der Waals surface area contributed by atoms with E-state index in [0.717, 1.165) is 25.8 Å². The van der Waals surface area contributed by atoms with E-state index in [-0.39, 0.29) is 5.97 Å². The van der Waals surface area contributed by atoms with Crippen molar-refractivity contribution in [3.05, 3.63) is 18.7 Å². The molecule has 0 aliphatic carbocycles. The molecule has 0 atom stereocenters. The van der Waals surface area contributed by atoms with Crippen LogP contribution in [0.4, 0.5) is 0 Å². The zero-order chi connectivity index (χ0) is 14.7. The number of aromatic nitrogens is 2. The zero-order valence-corrected chi connectivity index (χ0v) is 14.3. The van der Waals surface area contributed by atoms with Crippen molar-refractivity contribution >= 4 is 36.3 Å². The van der Waals surface area contributed by atoms with E-state index in [4.69, 9.17) is 30.3 Å². The standard InChI is InChI=1S/C11H19N2O2.3ClH.Fe/c1-12-8-9-13(10-12)7-5-3-4-6-11(14)15-2;;;;/h8-10H,3-7H2,1-2H3;3*1H;/q+1;;;;+2/p-3. The average molecular weight is 373 g/mol. The van der Waals surface area contributed by atoms with Crippen molar-refractivity contribution < 1.29 is 25.3 Å². The molecule has 1 aromatic heterocycles. The molecule has 0 saturated heterocycles. The number of carbonyl (C=O) groups excluding carboxylic acids is 1. The summed E-state index contributed by atoms with van der Waals surface area (Å²) in [7, 11) is 18.1. The summed E-state index contributed by atoms with van der Waals surface area (Å²) in [4.78, 5) is 10.8. The summed E-state index contributed by atoms with van der Waals surface area (Å²) in [6.45, 7) is 1.02. The van der Waals surface area contributed by atoms with Crippen LogP contribution in [0, 0.1) is 0 Å². The first-order valence-electron chi connectivity index (χ1n) is 5.70. The normalized spacial score (nSPS) is 10.5. The molecule has 0 spiro atoms. The quantitative estimate of drug-likeness (QED) is 0.332. The molecule has 4 nitrogen and oxygen atoms in total. The molecule has 19 heavy (non-hydrogen) atoms. The number of rotatable bonds is 6. The number of halogens is 3. The Morgan fingerprint density at radius 3 is 2.42 bits per heavy atom. The summed E-state index contributed by atoms with van der Waals surface area (Å²) in [6.07, 6.45) is 9.76. The molecule has 1 rings (SSSR count). The van der Waals surface area contributed by atoms with Gasteiger partial charge >= 0.3 is 47.4 Å². The van der Waals surface area contributed by atoms with Crippen LogP contribution in [0.1, 0.15) is 25.7 Å². The second-order valence-electron chi connectivity index (χ2n) is 3.86.